The van der Waals surface area contributed by atoms with Crippen molar-refractivity contribution in [2.24, 2.45) is 0 Å². The summed E-state index contributed by atoms with van der Waals surface area (Å²) in [5.74, 6) is -3.25. The number of unbranched alkanes of at least 4 members (excludes halogenated alkanes) is 22. The van der Waals surface area contributed by atoms with Crippen LogP contribution < -0.4 is 0 Å². The fraction of sp³-hybridized carbons (Fsp3) is 0.701. The van der Waals surface area contributed by atoms with Crippen LogP contribution in [0.3, 0.4) is 0 Å². The zero-order chi connectivity index (χ0) is 57.5. The molecule has 0 amide bonds. The summed E-state index contributed by atoms with van der Waals surface area (Å²) in [6.45, 7) is 5.71. The fourth-order valence-corrected chi connectivity index (χ4v) is 8.96. The normalized spacial score (nSPS) is 18.5. The molecule has 6 unspecified atom stereocenters. The third-order valence-corrected chi connectivity index (χ3v) is 13.7. The van der Waals surface area contributed by atoms with Crippen LogP contribution in [0.2, 0.25) is 0 Å². The minimum Gasteiger partial charge on any atom is -0.479 e. The Bertz CT molecular complexity index is 1740. The number of aliphatic carboxylic acids is 1. The highest BCUT2D eigenvalue weighted by atomic mass is 16.7. The van der Waals surface area contributed by atoms with Crippen LogP contribution in [0.15, 0.2) is 97.2 Å². The van der Waals surface area contributed by atoms with Crippen molar-refractivity contribution >= 4 is 23.9 Å². The third kappa shape index (κ3) is 44.0. The van der Waals surface area contributed by atoms with E-state index in [4.69, 9.17) is 23.7 Å². The number of carboxylic acids is 1. The maximum Gasteiger partial charge on any atom is 0.335 e. The van der Waals surface area contributed by atoms with Crippen LogP contribution in [0, 0.1) is 0 Å². The van der Waals surface area contributed by atoms with Gasteiger partial charge in [-0.25, -0.2) is 4.79 Å². The second kappa shape index (κ2) is 54.2. The predicted octanol–water partition coefficient (Wildman–Crippen LogP) is 16.5. The number of ether oxygens (including phenoxy) is 5. The van der Waals surface area contributed by atoms with Crippen molar-refractivity contribution in [3.8, 4) is 0 Å². The topological polar surface area (TPSA) is 175 Å². The van der Waals surface area contributed by atoms with Gasteiger partial charge in [-0.15, -0.1) is 0 Å². The Morgan fingerprint density at radius 3 is 1.27 bits per heavy atom. The lowest BCUT2D eigenvalue weighted by Gasteiger charge is -2.40. The van der Waals surface area contributed by atoms with Crippen molar-refractivity contribution in [2.75, 3.05) is 13.2 Å². The number of rotatable bonds is 52. The second-order valence-electron chi connectivity index (χ2n) is 20.9. The molecule has 1 aliphatic heterocycles. The standard InChI is InChI=1S/C67H110O12/c1-4-7-10-13-16-19-22-25-27-29-30-32-33-36-38-41-44-47-50-53-59(68)75-56-58(77-60(69)54-51-48-45-42-39-35-24-21-18-15-12-9-6-3)57-76-67-65(63(72)62(71)64(79-67)66(73)74)78-61(70)55-52-49-46-43-40-37-34-31-28-26-23-20-17-14-11-8-5-2/h7,9-10,12,16,18-19,21,25,27,30,32,35,39,45,48,58,62-65,67,71-72H,4-6,8,11,13-15,17,20,22-24,26,28-29,31,33-34,36-38,40-44,46-47,49-57H2,1-3H3,(H,73,74)/b10-7-,12-9-,19-16-,21-18-,27-25-,32-30-,39-35-,48-45-. The molecule has 1 aliphatic rings. The summed E-state index contributed by atoms with van der Waals surface area (Å²) in [6.07, 6.45) is 59.6. The van der Waals surface area contributed by atoms with Crippen molar-refractivity contribution in [1.29, 1.82) is 0 Å². The van der Waals surface area contributed by atoms with E-state index in [1.165, 1.54) is 77.0 Å². The van der Waals surface area contributed by atoms with Gasteiger partial charge in [-0.05, 0) is 83.5 Å². The zero-order valence-corrected chi connectivity index (χ0v) is 49.6. The average Bonchev–Trinajstić information content (AvgIpc) is 3.47. The Hall–Kier alpha value is -4.36. The minimum atomic E-state index is -1.92. The average molecular weight is 1110 g/mol. The quantitative estimate of drug-likeness (QED) is 0.0228. The van der Waals surface area contributed by atoms with Gasteiger partial charge in [-0.1, -0.05) is 246 Å². The SMILES string of the molecule is CC/C=C\C/C=C\C/C=C\C/C=C\CCCCCCCCC(=O)OCC(COC1OC(C(=O)O)C(O)C(O)C1OC(=O)CCCCCCCCCCCCCCCCCCC)OC(=O)CC/C=C\C/C=C\C/C=C\C/C=C\CC. The van der Waals surface area contributed by atoms with E-state index in [0.717, 1.165) is 109 Å². The van der Waals surface area contributed by atoms with E-state index >= 15 is 0 Å². The highest BCUT2D eigenvalue weighted by Crippen LogP contribution is 2.26. The molecule has 0 aromatic carbocycles. The van der Waals surface area contributed by atoms with E-state index in [0.29, 0.717) is 25.7 Å². The number of carboxylic acid groups (broad SMARTS) is 1. The summed E-state index contributed by atoms with van der Waals surface area (Å²) >= 11 is 0. The number of carbonyl (C=O) groups excluding carboxylic acids is 3. The first kappa shape index (κ1) is 72.7. The van der Waals surface area contributed by atoms with Crippen LogP contribution in [0.4, 0.5) is 0 Å². The van der Waals surface area contributed by atoms with Crippen molar-refractivity contribution < 1.29 is 58.2 Å². The van der Waals surface area contributed by atoms with Crippen LogP contribution in [0.1, 0.15) is 252 Å². The Morgan fingerprint density at radius 1 is 0.430 bits per heavy atom. The molecule has 0 aromatic rings. The van der Waals surface area contributed by atoms with Gasteiger partial charge >= 0.3 is 23.9 Å². The van der Waals surface area contributed by atoms with Gasteiger partial charge < -0.3 is 39.0 Å². The molecule has 1 heterocycles. The van der Waals surface area contributed by atoms with Gasteiger partial charge in [0.1, 0.15) is 18.8 Å². The van der Waals surface area contributed by atoms with Crippen LogP contribution in [-0.2, 0) is 42.9 Å². The number of aliphatic hydroxyl groups is 2. The molecule has 79 heavy (non-hydrogen) atoms. The first-order valence-electron chi connectivity index (χ1n) is 31.2. The monoisotopic (exact) mass is 1110 g/mol. The first-order valence-corrected chi connectivity index (χ1v) is 31.2. The summed E-state index contributed by atoms with van der Waals surface area (Å²) in [5, 5.41) is 31.5. The predicted molar refractivity (Wildman–Crippen MR) is 321 cm³/mol. The van der Waals surface area contributed by atoms with Crippen LogP contribution in [0.5, 0.6) is 0 Å². The molecule has 1 saturated heterocycles. The summed E-state index contributed by atoms with van der Waals surface area (Å²) in [4.78, 5) is 51.2. The number of hydrogen-bond acceptors (Lipinski definition) is 11. The van der Waals surface area contributed by atoms with Crippen LogP contribution in [-0.4, -0.2) is 89.2 Å². The Morgan fingerprint density at radius 2 is 0.823 bits per heavy atom. The van der Waals surface area contributed by atoms with Crippen molar-refractivity contribution in [3.63, 3.8) is 0 Å². The van der Waals surface area contributed by atoms with Gasteiger partial charge in [0.15, 0.2) is 24.6 Å². The van der Waals surface area contributed by atoms with Gasteiger partial charge in [0.05, 0.1) is 6.61 Å². The smallest absolute Gasteiger partial charge is 0.335 e. The molecule has 0 aliphatic carbocycles. The maximum absolute atomic E-state index is 13.1. The molecule has 1 rings (SSSR count). The molecule has 12 heteroatoms. The molecule has 12 nitrogen and oxygen atoms in total. The molecule has 3 N–H and O–H groups in total. The Labute approximate surface area is 479 Å². The van der Waals surface area contributed by atoms with Crippen molar-refractivity contribution in [2.45, 2.75) is 289 Å². The lowest BCUT2D eigenvalue weighted by Crippen LogP contribution is -2.61. The minimum absolute atomic E-state index is 0.0354. The van der Waals surface area contributed by atoms with E-state index in [2.05, 4.69) is 106 Å². The highest BCUT2D eigenvalue weighted by molar-refractivity contribution is 5.74. The van der Waals surface area contributed by atoms with Gasteiger partial charge in [0.25, 0.3) is 0 Å². The highest BCUT2D eigenvalue weighted by Gasteiger charge is 2.50. The van der Waals surface area contributed by atoms with E-state index < -0.39 is 67.3 Å². The maximum atomic E-state index is 13.1. The Kier molecular flexibility index (Phi) is 49.9. The number of esters is 3. The molecule has 6 atom stereocenters. The molecule has 0 radical (unpaired) electrons. The Balaban J connectivity index is 2.69. The molecular weight excluding hydrogens is 997 g/mol. The number of hydrogen-bond donors (Lipinski definition) is 3. The largest absolute Gasteiger partial charge is 0.479 e. The molecular formula is C67H110O12. The van der Waals surface area contributed by atoms with E-state index in [9.17, 15) is 34.5 Å². The van der Waals surface area contributed by atoms with Gasteiger partial charge in [-0.3, -0.25) is 14.4 Å². The molecule has 450 valence electrons. The van der Waals surface area contributed by atoms with Crippen molar-refractivity contribution in [3.05, 3.63) is 97.2 Å². The van der Waals surface area contributed by atoms with Crippen LogP contribution in [0.25, 0.3) is 0 Å². The number of carbonyl (C=O) groups is 4. The zero-order valence-electron chi connectivity index (χ0n) is 49.6. The summed E-state index contributed by atoms with van der Waals surface area (Å²) < 4.78 is 28.4. The molecule has 0 spiro atoms. The van der Waals surface area contributed by atoms with E-state index in [-0.39, 0.29) is 25.9 Å². The molecule has 0 aromatic heterocycles. The summed E-state index contributed by atoms with van der Waals surface area (Å²) in [7, 11) is 0. The van der Waals surface area contributed by atoms with Gasteiger partial charge in [0, 0.05) is 19.3 Å². The van der Waals surface area contributed by atoms with Gasteiger partial charge in [0.2, 0.25) is 0 Å². The third-order valence-electron chi connectivity index (χ3n) is 13.7. The van der Waals surface area contributed by atoms with Crippen LogP contribution >= 0.6 is 0 Å². The fourth-order valence-electron chi connectivity index (χ4n) is 8.96. The molecule has 0 saturated carbocycles. The number of allylic oxidation sites excluding steroid dienone is 16. The number of aliphatic hydroxyl groups excluding tert-OH is 2. The summed E-state index contributed by atoms with van der Waals surface area (Å²) in [5.41, 5.74) is 0. The van der Waals surface area contributed by atoms with Gasteiger partial charge in [-0.2, -0.15) is 0 Å². The summed E-state index contributed by atoms with van der Waals surface area (Å²) in [6, 6.07) is 0. The molecule has 1 fully saturated rings. The lowest BCUT2D eigenvalue weighted by molar-refractivity contribution is -0.301. The van der Waals surface area contributed by atoms with Crippen molar-refractivity contribution in [1.82, 2.24) is 0 Å². The van der Waals surface area contributed by atoms with E-state index in [1.807, 2.05) is 12.2 Å². The van der Waals surface area contributed by atoms with E-state index in [1.54, 1.807) is 0 Å². The molecule has 0 bridgehead atoms. The second-order valence-corrected chi connectivity index (χ2v) is 20.9. The lowest BCUT2D eigenvalue weighted by atomic mass is 9.98. The first-order chi connectivity index (χ1) is 38.6.